The highest BCUT2D eigenvalue weighted by molar-refractivity contribution is 7.14. The number of nitrogen functional groups attached to an aromatic ring is 1. The average Bonchev–Trinajstić information content (AvgIpc) is 2.71. The zero-order valence-electron chi connectivity index (χ0n) is 10.6. The number of carbonyl (C=O) groups excluding carboxylic acids is 1. The van der Waals surface area contributed by atoms with Gasteiger partial charge in [-0.1, -0.05) is 6.42 Å². The first-order valence-corrected chi connectivity index (χ1v) is 7.24. The Morgan fingerprint density at radius 1 is 1.37 bits per heavy atom. The summed E-state index contributed by atoms with van der Waals surface area (Å²) in [5, 5.41) is 10.8. The molecule has 1 fully saturated rings. The molecule has 3 N–H and O–H groups in total. The van der Waals surface area contributed by atoms with Gasteiger partial charge in [0, 0.05) is 0 Å². The molecule has 104 valence electrons. The van der Waals surface area contributed by atoms with Gasteiger partial charge in [0.05, 0.1) is 12.0 Å². The number of carboxylic acid groups (broad SMARTS) is 1. The van der Waals surface area contributed by atoms with Gasteiger partial charge in [0.1, 0.15) is 11.1 Å². The second-order valence-corrected chi connectivity index (χ2v) is 5.65. The van der Waals surface area contributed by atoms with E-state index in [0.717, 1.165) is 25.7 Å². The fourth-order valence-electron chi connectivity index (χ4n) is 2.33. The Morgan fingerprint density at radius 3 is 2.68 bits per heavy atom. The largest absolute Gasteiger partial charge is 0.481 e. The van der Waals surface area contributed by atoms with E-state index in [1.54, 1.807) is 5.38 Å². The minimum atomic E-state index is -0.982. The predicted octanol–water partition coefficient (Wildman–Crippen LogP) is 2.45. The Morgan fingerprint density at radius 2 is 2.05 bits per heavy atom. The van der Waals surface area contributed by atoms with Crippen LogP contribution in [0.15, 0.2) is 5.38 Å². The van der Waals surface area contributed by atoms with E-state index in [1.165, 1.54) is 17.8 Å². The summed E-state index contributed by atoms with van der Waals surface area (Å²) in [7, 11) is 0. The Hall–Kier alpha value is -1.56. The first-order valence-electron chi connectivity index (χ1n) is 6.36. The van der Waals surface area contributed by atoms with E-state index < -0.39 is 11.9 Å². The topological polar surface area (TPSA) is 89.6 Å². The molecule has 19 heavy (non-hydrogen) atoms. The molecule has 0 bridgehead atoms. The molecule has 1 aliphatic rings. The molecule has 0 saturated heterocycles. The van der Waals surface area contributed by atoms with Crippen molar-refractivity contribution in [3.05, 3.63) is 16.5 Å². The average molecular weight is 283 g/mol. The summed E-state index contributed by atoms with van der Waals surface area (Å²) in [6.45, 7) is 0. The molecule has 1 aromatic heterocycles. The number of carbonyl (C=O) groups is 2. The molecule has 2 rings (SSSR count). The number of ether oxygens (including phenoxy) is 1. The van der Waals surface area contributed by atoms with Crippen molar-refractivity contribution in [3.8, 4) is 0 Å². The molecule has 0 atom stereocenters. The minimum absolute atomic E-state index is 0.0572. The number of thiophene rings is 1. The summed E-state index contributed by atoms with van der Waals surface area (Å²) >= 11 is 1.18. The zero-order chi connectivity index (χ0) is 13.8. The van der Waals surface area contributed by atoms with E-state index in [1.807, 2.05) is 0 Å². The third kappa shape index (κ3) is 3.47. The molecular weight excluding hydrogens is 266 g/mol. The van der Waals surface area contributed by atoms with Crippen molar-refractivity contribution in [2.45, 2.75) is 44.6 Å². The van der Waals surface area contributed by atoms with Gasteiger partial charge in [-0.15, -0.1) is 11.3 Å². The molecule has 1 aromatic rings. The van der Waals surface area contributed by atoms with Gasteiger partial charge in [0.25, 0.3) is 0 Å². The van der Waals surface area contributed by atoms with E-state index in [4.69, 9.17) is 15.6 Å². The van der Waals surface area contributed by atoms with Crippen LogP contribution in [-0.4, -0.2) is 23.1 Å². The molecule has 0 spiro atoms. The number of esters is 1. The van der Waals surface area contributed by atoms with Gasteiger partial charge in [0.2, 0.25) is 0 Å². The molecule has 5 nitrogen and oxygen atoms in total. The van der Waals surface area contributed by atoms with Gasteiger partial charge in [-0.3, -0.25) is 4.79 Å². The maximum Gasteiger partial charge on any atom is 0.341 e. The summed E-state index contributed by atoms with van der Waals surface area (Å²) in [5.41, 5.74) is 6.42. The zero-order valence-corrected chi connectivity index (χ0v) is 11.4. The fraction of sp³-hybridized carbons (Fsp3) is 0.538. The third-order valence-electron chi connectivity index (χ3n) is 3.27. The van der Waals surface area contributed by atoms with Gasteiger partial charge in [-0.25, -0.2) is 4.79 Å². The Kier molecular flexibility index (Phi) is 4.42. The maximum atomic E-state index is 12.1. The molecule has 6 heteroatoms. The van der Waals surface area contributed by atoms with Crippen molar-refractivity contribution in [2.24, 2.45) is 0 Å². The van der Waals surface area contributed by atoms with Crippen LogP contribution in [-0.2, 0) is 16.0 Å². The van der Waals surface area contributed by atoms with Crippen molar-refractivity contribution in [2.75, 3.05) is 5.73 Å². The summed E-state index contributed by atoms with van der Waals surface area (Å²) in [6, 6.07) is 0. The quantitative estimate of drug-likeness (QED) is 0.828. The molecule has 0 unspecified atom stereocenters. The second kappa shape index (κ2) is 6.06. The fourth-order valence-corrected chi connectivity index (χ4v) is 3.13. The van der Waals surface area contributed by atoms with E-state index in [0.29, 0.717) is 10.6 Å². The molecular formula is C13H17NO4S. The van der Waals surface area contributed by atoms with E-state index >= 15 is 0 Å². The van der Waals surface area contributed by atoms with Crippen LogP contribution < -0.4 is 5.73 Å². The van der Waals surface area contributed by atoms with Crippen LogP contribution in [0.25, 0.3) is 0 Å². The highest BCUT2D eigenvalue weighted by atomic mass is 32.1. The maximum absolute atomic E-state index is 12.1. The van der Waals surface area contributed by atoms with Gasteiger partial charge in [-0.05, 0) is 36.6 Å². The molecule has 0 amide bonds. The van der Waals surface area contributed by atoms with Crippen molar-refractivity contribution in [1.82, 2.24) is 0 Å². The lowest BCUT2D eigenvalue weighted by Gasteiger charge is -2.22. The van der Waals surface area contributed by atoms with Crippen molar-refractivity contribution in [1.29, 1.82) is 0 Å². The van der Waals surface area contributed by atoms with E-state index in [9.17, 15) is 9.59 Å². The van der Waals surface area contributed by atoms with Gasteiger partial charge >= 0.3 is 11.9 Å². The highest BCUT2D eigenvalue weighted by Gasteiger charge is 2.24. The molecule has 1 heterocycles. The number of anilines is 1. The van der Waals surface area contributed by atoms with Crippen LogP contribution >= 0.6 is 11.3 Å². The first-order chi connectivity index (χ1) is 9.08. The predicted molar refractivity (Wildman–Crippen MR) is 72.4 cm³/mol. The Balaban J connectivity index is 2.09. The minimum Gasteiger partial charge on any atom is -0.481 e. The highest BCUT2D eigenvalue weighted by Crippen LogP contribution is 2.28. The van der Waals surface area contributed by atoms with Crippen LogP contribution in [0.3, 0.4) is 0 Å². The molecule has 0 aromatic carbocycles. The smallest absolute Gasteiger partial charge is 0.341 e. The summed E-state index contributed by atoms with van der Waals surface area (Å²) < 4.78 is 5.43. The number of hydrogen-bond donors (Lipinski definition) is 2. The lowest BCUT2D eigenvalue weighted by atomic mass is 9.98. The SMILES string of the molecule is Nc1scc(CC(=O)O)c1C(=O)OC1CCCCC1. The van der Waals surface area contributed by atoms with Crippen LogP contribution in [0.5, 0.6) is 0 Å². The normalized spacial score (nSPS) is 16.2. The van der Waals surface area contributed by atoms with Crippen LogP contribution in [0.2, 0.25) is 0 Å². The number of hydrogen-bond acceptors (Lipinski definition) is 5. The molecule has 0 aliphatic heterocycles. The Labute approximate surface area is 115 Å². The molecule has 1 aliphatic carbocycles. The number of nitrogens with two attached hydrogens (primary N) is 1. The van der Waals surface area contributed by atoms with Crippen LogP contribution in [0, 0.1) is 0 Å². The van der Waals surface area contributed by atoms with Crippen molar-refractivity contribution < 1.29 is 19.4 Å². The standard InChI is InChI=1S/C13H17NO4S/c14-12-11(8(7-19-12)6-10(15)16)13(17)18-9-4-2-1-3-5-9/h7,9H,1-6,14H2,(H,15,16). The lowest BCUT2D eigenvalue weighted by molar-refractivity contribution is -0.136. The summed E-state index contributed by atoms with van der Waals surface area (Å²) in [4.78, 5) is 22.9. The summed E-state index contributed by atoms with van der Waals surface area (Å²) in [5.74, 6) is -1.47. The van der Waals surface area contributed by atoms with E-state index in [-0.39, 0.29) is 18.1 Å². The summed E-state index contributed by atoms with van der Waals surface area (Å²) in [6.07, 6.45) is 4.81. The lowest BCUT2D eigenvalue weighted by Crippen LogP contribution is -2.22. The van der Waals surface area contributed by atoms with Crippen molar-refractivity contribution in [3.63, 3.8) is 0 Å². The Bertz CT molecular complexity index is 477. The van der Waals surface area contributed by atoms with E-state index in [2.05, 4.69) is 0 Å². The van der Waals surface area contributed by atoms with Gasteiger partial charge in [0.15, 0.2) is 0 Å². The number of aliphatic carboxylic acids is 1. The molecule has 0 radical (unpaired) electrons. The molecule has 1 saturated carbocycles. The second-order valence-electron chi connectivity index (χ2n) is 4.74. The van der Waals surface area contributed by atoms with Gasteiger partial charge < -0.3 is 15.6 Å². The van der Waals surface area contributed by atoms with Gasteiger partial charge in [-0.2, -0.15) is 0 Å². The van der Waals surface area contributed by atoms with Crippen LogP contribution in [0.4, 0.5) is 5.00 Å². The third-order valence-corrected chi connectivity index (χ3v) is 4.13. The van der Waals surface area contributed by atoms with Crippen molar-refractivity contribution >= 4 is 28.3 Å². The first kappa shape index (κ1) is 13.9. The monoisotopic (exact) mass is 283 g/mol. The van der Waals surface area contributed by atoms with Crippen LogP contribution in [0.1, 0.15) is 48.0 Å². The number of rotatable bonds is 4. The number of carboxylic acids is 1.